The van der Waals surface area contributed by atoms with E-state index in [1.807, 2.05) is 25.1 Å². The highest BCUT2D eigenvalue weighted by Crippen LogP contribution is 2.19. The minimum Gasteiger partial charge on any atom is -0.253 e. The van der Waals surface area contributed by atoms with Gasteiger partial charge in [-0.3, -0.25) is 9.97 Å². The molecule has 0 aromatic carbocycles. The molecule has 2 nitrogen and oxygen atoms in total. The summed E-state index contributed by atoms with van der Waals surface area (Å²) < 4.78 is 0. The van der Waals surface area contributed by atoms with Crippen molar-refractivity contribution >= 4 is 22.6 Å². The molecule has 3 heteroatoms. The van der Waals surface area contributed by atoms with Gasteiger partial charge in [-0.2, -0.15) is 0 Å². The molecule has 0 amide bonds. The second kappa shape index (κ2) is 2.72. The van der Waals surface area contributed by atoms with Gasteiger partial charge in [0, 0.05) is 11.9 Å². The lowest BCUT2D eigenvalue weighted by Gasteiger charge is -1.99. The maximum Gasteiger partial charge on any atom is 0.107 e. The van der Waals surface area contributed by atoms with E-state index in [-0.39, 0.29) is 0 Å². The summed E-state index contributed by atoms with van der Waals surface area (Å²) in [5.74, 6) is 0. The lowest BCUT2D eigenvalue weighted by atomic mass is 10.3. The van der Waals surface area contributed by atoms with Crippen LogP contribution < -0.4 is 0 Å². The molecule has 0 aliphatic heterocycles. The van der Waals surface area contributed by atoms with Gasteiger partial charge in [-0.1, -0.05) is 11.6 Å². The number of rotatable bonds is 0. The van der Waals surface area contributed by atoms with Crippen molar-refractivity contribution in [3.05, 3.63) is 35.1 Å². The van der Waals surface area contributed by atoms with Crippen molar-refractivity contribution in [2.45, 2.75) is 6.92 Å². The predicted octanol–water partition coefficient (Wildman–Crippen LogP) is 2.59. The second-order valence-corrected chi connectivity index (χ2v) is 3.02. The second-order valence-electron chi connectivity index (χ2n) is 2.62. The van der Waals surface area contributed by atoms with Crippen LogP contribution in [0.25, 0.3) is 11.0 Å². The molecular weight excluding hydrogens is 172 g/mol. The Labute approximate surface area is 75.2 Å². The molecule has 0 spiro atoms. The third kappa shape index (κ3) is 1.14. The molecule has 12 heavy (non-hydrogen) atoms. The van der Waals surface area contributed by atoms with Crippen LogP contribution in [0.15, 0.2) is 24.4 Å². The largest absolute Gasteiger partial charge is 0.253 e. The Hall–Kier alpha value is -1.15. The van der Waals surface area contributed by atoms with Crippen LogP contribution in [0, 0.1) is 6.92 Å². The molecule has 2 aromatic rings. The number of aromatic nitrogens is 2. The van der Waals surface area contributed by atoms with Crippen LogP contribution in [-0.2, 0) is 0 Å². The Balaban J connectivity index is 2.89. The fourth-order valence-electron chi connectivity index (χ4n) is 1.15. The van der Waals surface area contributed by atoms with Gasteiger partial charge >= 0.3 is 0 Å². The Morgan fingerprint density at radius 3 is 3.08 bits per heavy atom. The van der Waals surface area contributed by atoms with Crippen molar-refractivity contribution in [1.29, 1.82) is 0 Å². The van der Waals surface area contributed by atoms with Crippen molar-refractivity contribution < 1.29 is 0 Å². The number of halogens is 1. The smallest absolute Gasteiger partial charge is 0.107 e. The van der Waals surface area contributed by atoms with E-state index in [1.54, 1.807) is 6.20 Å². The van der Waals surface area contributed by atoms with Gasteiger partial charge in [-0.15, -0.1) is 0 Å². The summed E-state index contributed by atoms with van der Waals surface area (Å²) in [5, 5.41) is 0.665. The maximum atomic E-state index is 5.96. The fraction of sp³-hybridized carbons (Fsp3) is 0.111. The average molecular weight is 179 g/mol. The van der Waals surface area contributed by atoms with Crippen LogP contribution >= 0.6 is 11.6 Å². The van der Waals surface area contributed by atoms with Crippen LogP contribution in [0.5, 0.6) is 0 Å². The van der Waals surface area contributed by atoms with Gasteiger partial charge in [-0.25, -0.2) is 0 Å². The molecule has 0 bridgehead atoms. The first-order valence-corrected chi connectivity index (χ1v) is 4.03. The highest BCUT2D eigenvalue weighted by atomic mass is 35.5. The van der Waals surface area contributed by atoms with E-state index in [0.717, 1.165) is 16.7 Å². The summed E-state index contributed by atoms with van der Waals surface area (Å²) in [6, 6.07) is 5.57. The quantitative estimate of drug-likeness (QED) is 0.620. The van der Waals surface area contributed by atoms with Crippen molar-refractivity contribution in [3.8, 4) is 0 Å². The van der Waals surface area contributed by atoms with Crippen molar-refractivity contribution in [2.24, 2.45) is 0 Å². The van der Waals surface area contributed by atoms with Gasteiger partial charge in [0.2, 0.25) is 0 Å². The first-order chi connectivity index (χ1) is 5.77. The zero-order chi connectivity index (χ0) is 8.55. The molecule has 0 saturated carbocycles. The molecule has 2 rings (SSSR count). The molecule has 0 fully saturated rings. The molecule has 60 valence electrons. The molecule has 0 unspecified atom stereocenters. The summed E-state index contributed by atoms with van der Waals surface area (Å²) in [7, 11) is 0. The number of fused-ring (bicyclic) bond motifs is 1. The van der Waals surface area contributed by atoms with Crippen LogP contribution in [-0.4, -0.2) is 9.97 Å². The van der Waals surface area contributed by atoms with Crippen molar-refractivity contribution in [2.75, 3.05) is 0 Å². The molecule has 0 aliphatic carbocycles. The number of pyridine rings is 2. The lowest BCUT2D eigenvalue weighted by Crippen LogP contribution is -1.86. The summed E-state index contributed by atoms with van der Waals surface area (Å²) in [6.07, 6.45) is 1.71. The lowest BCUT2D eigenvalue weighted by molar-refractivity contribution is 1.24. The Morgan fingerprint density at radius 2 is 2.25 bits per heavy atom. The van der Waals surface area contributed by atoms with E-state index in [0.29, 0.717) is 5.02 Å². The Bertz CT molecular complexity index is 426. The average Bonchev–Trinajstić information content (AvgIpc) is 2.04. The molecule has 0 atom stereocenters. The number of nitrogens with zero attached hydrogens (tertiary/aromatic N) is 2. The predicted molar refractivity (Wildman–Crippen MR) is 49.3 cm³/mol. The number of aryl methyl sites for hydroxylation is 1. The SMILES string of the molecule is Cc1cc(Cl)c2ncccc2n1. The number of hydrogen-bond donors (Lipinski definition) is 0. The van der Waals surface area contributed by atoms with E-state index in [2.05, 4.69) is 9.97 Å². The summed E-state index contributed by atoms with van der Waals surface area (Å²) >= 11 is 5.96. The molecule has 2 aromatic heterocycles. The normalized spacial score (nSPS) is 10.5. The molecule has 0 radical (unpaired) electrons. The number of hydrogen-bond acceptors (Lipinski definition) is 2. The van der Waals surface area contributed by atoms with Crippen LogP contribution in [0.2, 0.25) is 5.02 Å². The third-order valence-corrected chi connectivity index (χ3v) is 1.93. The summed E-state index contributed by atoms with van der Waals surface area (Å²) in [5.41, 5.74) is 2.53. The van der Waals surface area contributed by atoms with Gasteiger partial charge < -0.3 is 0 Å². The first-order valence-electron chi connectivity index (χ1n) is 3.65. The first kappa shape index (κ1) is 7.50. The van der Waals surface area contributed by atoms with Gasteiger partial charge in [-0.05, 0) is 25.1 Å². The van der Waals surface area contributed by atoms with E-state index < -0.39 is 0 Å². The van der Waals surface area contributed by atoms with E-state index in [9.17, 15) is 0 Å². The van der Waals surface area contributed by atoms with E-state index in [1.165, 1.54) is 0 Å². The van der Waals surface area contributed by atoms with Crippen molar-refractivity contribution in [3.63, 3.8) is 0 Å². The zero-order valence-corrected chi connectivity index (χ0v) is 7.34. The molecule has 2 heterocycles. The van der Waals surface area contributed by atoms with Gasteiger partial charge in [0.15, 0.2) is 0 Å². The molecular formula is C9H7ClN2. The van der Waals surface area contributed by atoms with E-state index >= 15 is 0 Å². The van der Waals surface area contributed by atoms with Gasteiger partial charge in [0.05, 0.1) is 10.5 Å². The highest BCUT2D eigenvalue weighted by Gasteiger charge is 2.00. The molecule has 0 N–H and O–H groups in total. The van der Waals surface area contributed by atoms with Gasteiger partial charge in [0.25, 0.3) is 0 Å². The fourth-order valence-corrected chi connectivity index (χ4v) is 1.45. The van der Waals surface area contributed by atoms with Crippen molar-refractivity contribution in [1.82, 2.24) is 9.97 Å². The maximum absolute atomic E-state index is 5.96. The van der Waals surface area contributed by atoms with Crippen LogP contribution in [0.1, 0.15) is 5.69 Å². The summed E-state index contributed by atoms with van der Waals surface area (Å²) in [4.78, 5) is 8.42. The standard InChI is InChI=1S/C9H7ClN2/c1-6-5-7(10)9-8(12-6)3-2-4-11-9/h2-5H,1H3. The summed E-state index contributed by atoms with van der Waals surface area (Å²) in [6.45, 7) is 1.92. The molecule has 0 saturated heterocycles. The minimum absolute atomic E-state index is 0.665. The zero-order valence-electron chi connectivity index (χ0n) is 6.58. The van der Waals surface area contributed by atoms with E-state index in [4.69, 9.17) is 11.6 Å². The molecule has 0 aliphatic rings. The van der Waals surface area contributed by atoms with Crippen LogP contribution in [0.3, 0.4) is 0 Å². The minimum atomic E-state index is 0.665. The van der Waals surface area contributed by atoms with Crippen LogP contribution in [0.4, 0.5) is 0 Å². The third-order valence-electron chi connectivity index (χ3n) is 1.65. The van der Waals surface area contributed by atoms with Gasteiger partial charge in [0.1, 0.15) is 5.52 Å². The topological polar surface area (TPSA) is 25.8 Å². The Morgan fingerprint density at radius 1 is 1.42 bits per heavy atom. The monoisotopic (exact) mass is 178 g/mol. The highest BCUT2D eigenvalue weighted by molar-refractivity contribution is 6.34. The Kier molecular flexibility index (Phi) is 1.70.